The van der Waals surface area contributed by atoms with E-state index < -0.39 is 0 Å². The fourth-order valence-corrected chi connectivity index (χ4v) is 2.90. The first-order valence-corrected chi connectivity index (χ1v) is 6.56. The van der Waals surface area contributed by atoms with E-state index in [1.54, 1.807) is 0 Å². The first-order chi connectivity index (χ1) is 7.78. The smallest absolute Gasteiger partial charge is 0.00173 e. The van der Waals surface area contributed by atoms with Crippen LogP contribution in [0.25, 0.3) is 0 Å². The molecule has 0 bridgehead atoms. The molecule has 1 aliphatic rings. The van der Waals surface area contributed by atoms with E-state index in [4.69, 9.17) is 5.73 Å². The van der Waals surface area contributed by atoms with E-state index in [2.05, 4.69) is 31.2 Å². The third kappa shape index (κ3) is 2.46. The Labute approximate surface area is 99.0 Å². The van der Waals surface area contributed by atoms with Crippen LogP contribution in [0.4, 0.5) is 0 Å². The summed E-state index contributed by atoms with van der Waals surface area (Å²) in [7, 11) is 0. The van der Waals surface area contributed by atoms with Crippen molar-refractivity contribution in [3.63, 3.8) is 0 Å². The van der Waals surface area contributed by atoms with Crippen LogP contribution in [0.5, 0.6) is 0 Å². The Morgan fingerprint density at radius 3 is 2.12 bits per heavy atom. The van der Waals surface area contributed by atoms with E-state index in [-0.39, 0.29) is 0 Å². The maximum absolute atomic E-state index is 5.97. The fraction of sp³-hybridized carbons (Fsp3) is 0.600. The average molecular weight is 217 g/mol. The predicted molar refractivity (Wildman–Crippen MR) is 69.5 cm³/mol. The summed E-state index contributed by atoms with van der Waals surface area (Å²) in [6.07, 6.45) is 7.67. The highest BCUT2D eigenvalue weighted by Gasteiger charge is 2.32. The Hall–Kier alpha value is -0.820. The molecule has 1 nitrogen and oxygen atoms in total. The summed E-state index contributed by atoms with van der Waals surface area (Å²) < 4.78 is 0. The number of rotatable bonds is 4. The number of hydrogen-bond acceptors (Lipinski definition) is 1. The molecule has 0 aromatic heterocycles. The zero-order valence-corrected chi connectivity index (χ0v) is 10.3. The van der Waals surface area contributed by atoms with Gasteiger partial charge in [-0.3, -0.25) is 0 Å². The topological polar surface area (TPSA) is 26.0 Å². The minimum absolute atomic E-state index is 0.410. The van der Waals surface area contributed by atoms with E-state index >= 15 is 0 Å². The van der Waals surface area contributed by atoms with Crippen molar-refractivity contribution >= 4 is 0 Å². The highest BCUT2D eigenvalue weighted by molar-refractivity contribution is 5.23. The summed E-state index contributed by atoms with van der Waals surface area (Å²) in [4.78, 5) is 0. The van der Waals surface area contributed by atoms with Gasteiger partial charge in [0.05, 0.1) is 0 Å². The molecule has 0 saturated heterocycles. The number of hydrogen-bond donors (Lipinski definition) is 1. The van der Waals surface area contributed by atoms with Crippen LogP contribution in [0, 0.1) is 5.41 Å². The lowest BCUT2D eigenvalue weighted by atomic mass is 9.80. The minimum atomic E-state index is 0.410. The van der Waals surface area contributed by atoms with Crippen LogP contribution in [0.2, 0.25) is 0 Å². The van der Waals surface area contributed by atoms with Crippen LogP contribution >= 0.6 is 0 Å². The van der Waals surface area contributed by atoms with Gasteiger partial charge in [-0.05, 0) is 48.8 Å². The van der Waals surface area contributed by atoms with Gasteiger partial charge in [0, 0.05) is 0 Å². The predicted octanol–water partition coefficient (Wildman–Crippen LogP) is 3.31. The first-order valence-electron chi connectivity index (χ1n) is 6.56. The molecule has 88 valence electrons. The molecule has 1 saturated carbocycles. The van der Waals surface area contributed by atoms with E-state index in [0.717, 1.165) is 13.0 Å². The molecular formula is C15H23N. The van der Waals surface area contributed by atoms with Gasteiger partial charge in [0.15, 0.2) is 0 Å². The highest BCUT2D eigenvalue weighted by Crippen LogP contribution is 2.39. The summed E-state index contributed by atoms with van der Waals surface area (Å²) in [5.41, 5.74) is 9.27. The molecule has 1 aromatic carbocycles. The van der Waals surface area contributed by atoms with Gasteiger partial charge in [-0.15, -0.1) is 0 Å². The van der Waals surface area contributed by atoms with Gasteiger partial charge in [0.2, 0.25) is 0 Å². The third-order valence-electron chi connectivity index (χ3n) is 4.11. The fourth-order valence-electron chi connectivity index (χ4n) is 2.90. The second-order valence-electron chi connectivity index (χ2n) is 5.26. The summed E-state index contributed by atoms with van der Waals surface area (Å²) in [5.74, 6) is 0. The van der Waals surface area contributed by atoms with Gasteiger partial charge >= 0.3 is 0 Å². The lowest BCUT2D eigenvalue weighted by Gasteiger charge is -2.27. The van der Waals surface area contributed by atoms with Crippen LogP contribution in [0.3, 0.4) is 0 Å². The van der Waals surface area contributed by atoms with E-state index in [0.29, 0.717) is 5.41 Å². The molecule has 1 heteroatoms. The zero-order valence-electron chi connectivity index (χ0n) is 10.3. The summed E-state index contributed by atoms with van der Waals surface area (Å²) in [6, 6.07) is 9.09. The Bertz CT molecular complexity index is 320. The molecule has 0 aliphatic heterocycles. The number of nitrogens with two attached hydrogens (primary N) is 1. The lowest BCUT2D eigenvalue weighted by Crippen LogP contribution is -2.29. The molecule has 0 atom stereocenters. The van der Waals surface area contributed by atoms with Gasteiger partial charge in [-0.25, -0.2) is 0 Å². The molecule has 1 fully saturated rings. The van der Waals surface area contributed by atoms with Crippen molar-refractivity contribution in [3.05, 3.63) is 35.4 Å². The molecule has 0 unspecified atom stereocenters. The van der Waals surface area contributed by atoms with Crippen molar-refractivity contribution in [2.24, 2.45) is 11.1 Å². The summed E-state index contributed by atoms with van der Waals surface area (Å²) in [5, 5.41) is 0. The largest absolute Gasteiger partial charge is 0.330 e. The second-order valence-corrected chi connectivity index (χ2v) is 5.26. The van der Waals surface area contributed by atoms with Crippen molar-refractivity contribution in [1.29, 1.82) is 0 Å². The van der Waals surface area contributed by atoms with Gasteiger partial charge in [-0.1, -0.05) is 44.0 Å². The van der Waals surface area contributed by atoms with Crippen LogP contribution < -0.4 is 5.73 Å². The van der Waals surface area contributed by atoms with Crippen molar-refractivity contribution in [2.75, 3.05) is 6.54 Å². The first kappa shape index (κ1) is 11.7. The van der Waals surface area contributed by atoms with Crippen LogP contribution in [0.1, 0.15) is 43.7 Å². The quantitative estimate of drug-likeness (QED) is 0.822. The summed E-state index contributed by atoms with van der Waals surface area (Å²) >= 11 is 0. The Kier molecular flexibility index (Phi) is 3.65. The molecule has 1 aromatic rings. The molecule has 0 spiro atoms. The lowest BCUT2D eigenvalue weighted by molar-refractivity contribution is 0.306. The molecule has 2 rings (SSSR count). The Morgan fingerprint density at radius 2 is 1.62 bits per heavy atom. The van der Waals surface area contributed by atoms with Crippen LogP contribution in [-0.2, 0) is 12.8 Å². The molecule has 0 heterocycles. The maximum Gasteiger partial charge on any atom is -0.00173 e. The van der Waals surface area contributed by atoms with Gasteiger partial charge in [0.1, 0.15) is 0 Å². The Balaban J connectivity index is 2.07. The van der Waals surface area contributed by atoms with Gasteiger partial charge in [-0.2, -0.15) is 0 Å². The van der Waals surface area contributed by atoms with Crippen molar-refractivity contribution in [1.82, 2.24) is 0 Å². The van der Waals surface area contributed by atoms with Crippen LogP contribution in [0.15, 0.2) is 24.3 Å². The number of benzene rings is 1. The van der Waals surface area contributed by atoms with Gasteiger partial charge in [0.25, 0.3) is 0 Å². The van der Waals surface area contributed by atoms with E-state index in [9.17, 15) is 0 Å². The van der Waals surface area contributed by atoms with Crippen LogP contribution in [-0.4, -0.2) is 6.54 Å². The maximum atomic E-state index is 5.97. The minimum Gasteiger partial charge on any atom is -0.330 e. The van der Waals surface area contributed by atoms with Crippen molar-refractivity contribution in [2.45, 2.75) is 45.4 Å². The standard InChI is InChI=1S/C15H23N/c1-2-13-5-7-14(8-6-13)11-15(12-16)9-3-4-10-15/h5-8H,2-4,9-12,16H2,1H3. The second kappa shape index (κ2) is 5.01. The average Bonchev–Trinajstić information content (AvgIpc) is 2.79. The highest BCUT2D eigenvalue weighted by atomic mass is 14.6. The molecule has 2 N–H and O–H groups in total. The molecular weight excluding hydrogens is 194 g/mol. The molecule has 1 aliphatic carbocycles. The van der Waals surface area contributed by atoms with Gasteiger partial charge < -0.3 is 5.73 Å². The monoisotopic (exact) mass is 217 g/mol. The number of aryl methyl sites for hydroxylation is 1. The summed E-state index contributed by atoms with van der Waals surface area (Å²) in [6.45, 7) is 3.05. The molecule has 0 radical (unpaired) electrons. The van der Waals surface area contributed by atoms with E-state index in [1.807, 2.05) is 0 Å². The zero-order chi connectivity index (χ0) is 11.4. The molecule has 0 amide bonds. The third-order valence-corrected chi connectivity index (χ3v) is 4.11. The van der Waals surface area contributed by atoms with E-state index in [1.165, 1.54) is 43.2 Å². The van der Waals surface area contributed by atoms with Crippen molar-refractivity contribution < 1.29 is 0 Å². The SMILES string of the molecule is CCc1ccc(CC2(CN)CCCC2)cc1. The normalized spacial score (nSPS) is 18.9. The Morgan fingerprint density at radius 1 is 1.06 bits per heavy atom. The van der Waals surface area contributed by atoms with Crippen molar-refractivity contribution in [3.8, 4) is 0 Å². The molecule has 16 heavy (non-hydrogen) atoms.